The molecular weight excluding hydrogens is 316 g/mol. The molecular formula is C21H18O4. The molecule has 0 aliphatic rings. The van der Waals surface area contributed by atoms with Crippen LogP contribution in [0.5, 0.6) is 11.5 Å². The van der Waals surface area contributed by atoms with Crippen molar-refractivity contribution < 1.29 is 19.7 Å². The van der Waals surface area contributed by atoms with E-state index < -0.39 is 5.97 Å². The summed E-state index contributed by atoms with van der Waals surface area (Å²) in [5, 5.41) is 20.0. The third-order valence-corrected chi connectivity index (χ3v) is 3.88. The molecule has 0 aliphatic heterocycles. The molecule has 4 nitrogen and oxygen atoms in total. The van der Waals surface area contributed by atoms with Gasteiger partial charge in [0.1, 0.15) is 17.1 Å². The van der Waals surface area contributed by atoms with Crippen molar-refractivity contribution in [3.63, 3.8) is 0 Å². The second-order valence-electron chi connectivity index (χ2n) is 5.55. The minimum absolute atomic E-state index is 0.118. The maximum absolute atomic E-state index is 12.3. The zero-order valence-electron chi connectivity index (χ0n) is 13.8. The zero-order chi connectivity index (χ0) is 17.8. The number of rotatable bonds is 4. The summed E-state index contributed by atoms with van der Waals surface area (Å²) in [6.45, 7) is 1.93. The van der Waals surface area contributed by atoms with E-state index in [0.717, 1.165) is 11.1 Å². The molecule has 0 saturated carbocycles. The molecule has 25 heavy (non-hydrogen) atoms. The number of aromatic hydroxyl groups is 2. The highest BCUT2D eigenvalue weighted by molar-refractivity contribution is 6.01. The molecule has 0 atom stereocenters. The lowest BCUT2D eigenvalue weighted by Gasteiger charge is -2.14. The van der Waals surface area contributed by atoms with E-state index in [2.05, 4.69) is 0 Å². The number of carbonyl (C=O) groups is 1. The number of esters is 1. The summed E-state index contributed by atoms with van der Waals surface area (Å²) >= 11 is 0. The molecule has 0 bridgehead atoms. The number of ether oxygens (including phenoxy) is 1. The maximum Gasteiger partial charge on any atom is 0.342 e. The van der Waals surface area contributed by atoms with Crippen LogP contribution in [0, 0.1) is 0 Å². The van der Waals surface area contributed by atoms with Gasteiger partial charge in [0, 0.05) is 5.56 Å². The van der Waals surface area contributed by atoms with Crippen molar-refractivity contribution in [1.29, 1.82) is 0 Å². The van der Waals surface area contributed by atoms with Gasteiger partial charge in [-0.25, -0.2) is 4.79 Å². The van der Waals surface area contributed by atoms with E-state index in [1.165, 1.54) is 12.1 Å². The summed E-state index contributed by atoms with van der Waals surface area (Å²) in [4.78, 5) is 12.3. The molecule has 3 aromatic carbocycles. The van der Waals surface area contributed by atoms with Gasteiger partial charge in [-0.3, -0.25) is 0 Å². The molecule has 0 heterocycles. The van der Waals surface area contributed by atoms with E-state index >= 15 is 0 Å². The average Bonchev–Trinajstić information content (AvgIpc) is 2.62. The maximum atomic E-state index is 12.3. The first-order valence-corrected chi connectivity index (χ1v) is 7.99. The van der Waals surface area contributed by atoms with E-state index in [1.54, 1.807) is 25.1 Å². The number of phenolic OH excluding ortho intramolecular Hbond substituents is 2. The van der Waals surface area contributed by atoms with Crippen LogP contribution in [0.25, 0.3) is 22.3 Å². The number of phenols is 2. The van der Waals surface area contributed by atoms with Crippen molar-refractivity contribution in [1.82, 2.24) is 0 Å². The van der Waals surface area contributed by atoms with Crippen molar-refractivity contribution in [2.45, 2.75) is 6.92 Å². The molecule has 0 spiro atoms. The fraction of sp³-hybridized carbons (Fsp3) is 0.0952. The standard InChI is InChI=1S/C21H18O4/c1-2-25-21(24)20-18(15-8-10-17(22)11-9-15)12-16(13-19(20)23)14-6-4-3-5-7-14/h3-13,22-23H,2H2,1H3. The molecule has 4 heteroatoms. The Morgan fingerprint density at radius 1 is 0.880 bits per heavy atom. The van der Waals surface area contributed by atoms with Crippen molar-refractivity contribution >= 4 is 5.97 Å². The quantitative estimate of drug-likeness (QED) is 0.684. The molecule has 0 amide bonds. The molecule has 3 rings (SSSR count). The summed E-state index contributed by atoms with van der Waals surface area (Å²) in [5.74, 6) is -0.588. The van der Waals surface area contributed by atoms with Gasteiger partial charge in [-0.2, -0.15) is 0 Å². The van der Waals surface area contributed by atoms with Crippen molar-refractivity contribution in [3.05, 3.63) is 72.3 Å². The number of carbonyl (C=O) groups excluding carboxylic acids is 1. The van der Waals surface area contributed by atoms with Crippen LogP contribution in [-0.4, -0.2) is 22.8 Å². The first-order valence-electron chi connectivity index (χ1n) is 7.99. The van der Waals surface area contributed by atoms with Crippen LogP contribution < -0.4 is 0 Å². The molecule has 126 valence electrons. The van der Waals surface area contributed by atoms with Gasteiger partial charge in [0.25, 0.3) is 0 Å². The summed E-state index contributed by atoms with van der Waals surface area (Å²) in [7, 11) is 0. The summed E-state index contributed by atoms with van der Waals surface area (Å²) < 4.78 is 5.09. The summed E-state index contributed by atoms with van der Waals surface area (Å²) in [6, 6.07) is 19.5. The highest BCUT2D eigenvalue weighted by atomic mass is 16.5. The Morgan fingerprint density at radius 2 is 1.56 bits per heavy atom. The third kappa shape index (κ3) is 3.48. The zero-order valence-corrected chi connectivity index (χ0v) is 13.8. The van der Waals surface area contributed by atoms with Gasteiger partial charge < -0.3 is 14.9 Å². The topological polar surface area (TPSA) is 66.8 Å². The fourth-order valence-corrected chi connectivity index (χ4v) is 2.71. The molecule has 0 radical (unpaired) electrons. The normalized spacial score (nSPS) is 10.4. The van der Waals surface area contributed by atoms with Crippen LogP contribution in [0.4, 0.5) is 0 Å². The van der Waals surface area contributed by atoms with Crippen LogP contribution in [0.2, 0.25) is 0 Å². The van der Waals surface area contributed by atoms with E-state index in [1.807, 2.05) is 36.4 Å². The minimum atomic E-state index is -0.581. The van der Waals surface area contributed by atoms with Crippen molar-refractivity contribution in [2.24, 2.45) is 0 Å². The molecule has 3 aromatic rings. The van der Waals surface area contributed by atoms with Crippen LogP contribution in [0.3, 0.4) is 0 Å². The van der Waals surface area contributed by atoms with Crippen LogP contribution >= 0.6 is 0 Å². The molecule has 0 fully saturated rings. The smallest absolute Gasteiger partial charge is 0.342 e. The molecule has 0 aromatic heterocycles. The Bertz CT molecular complexity index is 884. The van der Waals surface area contributed by atoms with E-state index in [-0.39, 0.29) is 23.7 Å². The number of hydrogen-bond donors (Lipinski definition) is 2. The van der Waals surface area contributed by atoms with Gasteiger partial charge in [0.15, 0.2) is 0 Å². The monoisotopic (exact) mass is 334 g/mol. The average molecular weight is 334 g/mol. The van der Waals surface area contributed by atoms with Gasteiger partial charge in [-0.1, -0.05) is 42.5 Å². The summed E-state index contributed by atoms with van der Waals surface area (Å²) in [6.07, 6.45) is 0. The van der Waals surface area contributed by atoms with Gasteiger partial charge in [0.2, 0.25) is 0 Å². The molecule has 0 aliphatic carbocycles. The number of hydrogen-bond acceptors (Lipinski definition) is 4. The Morgan fingerprint density at radius 3 is 2.20 bits per heavy atom. The third-order valence-electron chi connectivity index (χ3n) is 3.88. The first-order chi connectivity index (χ1) is 12.1. The Labute approximate surface area is 146 Å². The Kier molecular flexibility index (Phi) is 4.70. The van der Waals surface area contributed by atoms with Crippen molar-refractivity contribution in [2.75, 3.05) is 6.61 Å². The predicted molar refractivity (Wildman–Crippen MR) is 96.6 cm³/mol. The van der Waals surface area contributed by atoms with Gasteiger partial charge in [-0.15, -0.1) is 0 Å². The Hall–Kier alpha value is -3.27. The minimum Gasteiger partial charge on any atom is -0.508 e. The van der Waals surface area contributed by atoms with Crippen LogP contribution in [0.15, 0.2) is 66.7 Å². The van der Waals surface area contributed by atoms with Crippen LogP contribution in [0.1, 0.15) is 17.3 Å². The fourth-order valence-electron chi connectivity index (χ4n) is 2.71. The number of benzene rings is 3. The molecule has 2 N–H and O–H groups in total. The SMILES string of the molecule is CCOC(=O)c1c(O)cc(-c2ccccc2)cc1-c1ccc(O)cc1. The van der Waals surface area contributed by atoms with E-state index in [4.69, 9.17) is 4.74 Å². The van der Waals surface area contributed by atoms with Crippen molar-refractivity contribution in [3.8, 4) is 33.8 Å². The second kappa shape index (κ2) is 7.09. The largest absolute Gasteiger partial charge is 0.508 e. The molecule has 0 unspecified atom stereocenters. The lowest BCUT2D eigenvalue weighted by molar-refractivity contribution is 0.0524. The van der Waals surface area contributed by atoms with Gasteiger partial charge in [0.05, 0.1) is 6.61 Å². The highest BCUT2D eigenvalue weighted by Gasteiger charge is 2.20. The van der Waals surface area contributed by atoms with E-state index in [9.17, 15) is 15.0 Å². The van der Waals surface area contributed by atoms with Gasteiger partial charge in [-0.05, 0) is 47.9 Å². The predicted octanol–water partition coefficient (Wildman–Crippen LogP) is 4.61. The summed E-state index contributed by atoms with van der Waals surface area (Å²) in [5.41, 5.74) is 3.08. The first kappa shape index (κ1) is 16.6. The lowest BCUT2D eigenvalue weighted by Crippen LogP contribution is -2.07. The van der Waals surface area contributed by atoms with E-state index in [0.29, 0.717) is 11.1 Å². The Balaban J connectivity index is 2.21. The van der Waals surface area contributed by atoms with Crippen LogP contribution in [-0.2, 0) is 4.74 Å². The molecule has 0 saturated heterocycles. The highest BCUT2D eigenvalue weighted by Crippen LogP contribution is 2.36. The second-order valence-corrected chi connectivity index (χ2v) is 5.55. The lowest BCUT2D eigenvalue weighted by atomic mass is 9.93. The van der Waals surface area contributed by atoms with Gasteiger partial charge >= 0.3 is 5.97 Å².